The maximum Gasteiger partial charge on any atom is 0.339 e. The van der Waals surface area contributed by atoms with Gasteiger partial charge in [-0.05, 0) is 43.7 Å². The van der Waals surface area contributed by atoms with Gasteiger partial charge in [-0.25, -0.2) is 4.79 Å². The summed E-state index contributed by atoms with van der Waals surface area (Å²) in [5.74, 6) is -0.324. The molecule has 0 N–H and O–H groups in total. The van der Waals surface area contributed by atoms with Crippen molar-refractivity contribution in [2.45, 2.75) is 13.8 Å². The van der Waals surface area contributed by atoms with Gasteiger partial charge < -0.3 is 9.47 Å². The number of nitrogens with zero attached hydrogens (tertiary/aromatic N) is 1. The van der Waals surface area contributed by atoms with Crippen molar-refractivity contribution < 1.29 is 19.1 Å². The van der Waals surface area contributed by atoms with Crippen molar-refractivity contribution in [1.82, 2.24) is 4.98 Å². The van der Waals surface area contributed by atoms with E-state index in [0.29, 0.717) is 38.5 Å². The summed E-state index contributed by atoms with van der Waals surface area (Å²) < 4.78 is 10.4. The van der Waals surface area contributed by atoms with Crippen molar-refractivity contribution in [2.75, 3.05) is 13.7 Å². The van der Waals surface area contributed by atoms with Crippen LogP contribution in [0, 0.1) is 13.8 Å². The number of rotatable bonds is 5. The summed E-state index contributed by atoms with van der Waals surface area (Å²) >= 11 is 6.16. The molecule has 0 fully saturated rings. The van der Waals surface area contributed by atoms with Crippen LogP contribution in [0.1, 0.15) is 32.0 Å². The second-order valence-corrected chi connectivity index (χ2v) is 6.52. The van der Waals surface area contributed by atoms with Gasteiger partial charge in [-0.15, -0.1) is 0 Å². The van der Waals surface area contributed by atoms with Gasteiger partial charge in [-0.3, -0.25) is 9.78 Å². The Morgan fingerprint density at radius 2 is 1.89 bits per heavy atom. The molecule has 0 atom stereocenters. The second-order valence-electron chi connectivity index (χ2n) is 6.11. The lowest BCUT2D eigenvalue weighted by Crippen LogP contribution is -2.15. The van der Waals surface area contributed by atoms with Crippen LogP contribution in [0.15, 0.2) is 42.5 Å². The van der Waals surface area contributed by atoms with E-state index in [9.17, 15) is 9.59 Å². The zero-order chi connectivity index (χ0) is 19.6. The number of carbonyl (C=O) groups excluding carboxylic acids is 2. The Bertz CT molecular complexity index is 1050. The van der Waals surface area contributed by atoms with Gasteiger partial charge in [0.2, 0.25) is 0 Å². The maximum absolute atomic E-state index is 12.6. The van der Waals surface area contributed by atoms with Crippen molar-refractivity contribution in [1.29, 1.82) is 0 Å². The predicted octanol–water partition coefficient (Wildman–Crippen LogP) is 4.55. The van der Waals surface area contributed by atoms with Crippen LogP contribution in [0.5, 0.6) is 5.75 Å². The number of ether oxygens (including phenoxy) is 2. The lowest BCUT2D eigenvalue weighted by molar-refractivity contribution is 0.0476. The summed E-state index contributed by atoms with van der Waals surface area (Å²) in [6.07, 6.45) is 0. The van der Waals surface area contributed by atoms with E-state index < -0.39 is 5.97 Å². The summed E-state index contributed by atoms with van der Waals surface area (Å²) in [6, 6.07) is 11.8. The number of Topliss-reactive ketones (excluding diaryl/α,β-unsaturated/α-hetero) is 1. The number of esters is 1. The van der Waals surface area contributed by atoms with Crippen LogP contribution in [0.2, 0.25) is 5.02 Å². The van der Waals surface area contributed by atoms with Crippen LogP contribution in [0.25, 0.3) is 10.9 Å². The first-order valence-corrected chi connectivity index (χ1v) is 8.69. The molecule has 5 nitrogen and oxygen atoms in total. The highest BCUT2D eigenvalue weighted by molar-refractivity contribution is 6.32. The van der Waals surface area contributed by atoms with Crippen molar-refractivity contribution in [2.24, 2.45) is 0 Å². The molecule has 0 unspecified atom stereocenters. The molecule has 6 heteroatoms. The van der Waals surface area contributed by atoms with Gasteiger partial charge in [-0.1, -0.05) is 29.8 Å². The zero-order valence-corrected chi connectivity index (χ0v) is 16.0. The fourth-order valence-electron chi connectivity index (χ4n) is 2.79. The van der Waals surface area contributed by atoms with Gasteiger partial charge >= 0.3 is 5.97 Å². The summed E-state index contributed by atoms with van der Waals surface area (Å²) in [4.78, 5) is 29.4. The van der Waals surface area contributed by atoms with Crippen LogP contribution < -0.4 is 4.74 Å². The quantitative estimate of drug-likeness (QED) is 0.477. The van der Waals surface area contributed by atoms with Crippen molar-refractivity contribution in [3.05, 3.63) is 69.9 Å². The molecule has 0 saturated carbocycles. The highest BCUT2D eigenvalue weighted by atomic mass is 35.5. The molecule has 0 aliphatic heterocycles. The predicted molar refractivity (Wildman–Crippen MR) is 104 cm³/mol. The number of methoxy groups -OCH3 is 1. The monoisotopic (exact) mass is 383 g/mol. The fourth-order valence-corrected chi connectivity index (χ4v) is 2.94. The third-order valence-corrected chi connectivity index (χ3v) is 4.65. The molecule has 0 aliphatic rings. The summed E-state index contributed by atoms with van der Waals surface area (Å²) in [5.41, 5.74) is 2.88. The third-order valence-electron chi connectivity index (χ3n) is 4.24. The first-order valence-electron chi connectivity index (χ1n) is 8.31. The minimum Gasteiger partial charge on any atom is -0.497 e. The van der Waals surface area contributed by atoms with Gasteiger partial charge in [0.15, 0.2) is 12.4 Å². The molecular weight excluding hydrogens is 366 g/mol. The molecule has 0 saturated heterocycles. The molecule has 0 bridgehead atoms. The Hall–Kier alpha value is -2.92. The van der Waals surface area contributed by atoms with E-state index in [2.05, 4.69) is 4.98 Å². The molecule has 3 rings (SSSR count). The number of benzene rings is 2. The molecule has 2 aromatic carbocycles. The van der Waals surface area contributed by atoms with Crippen LogP contribution >= 0.6 is 11.6 Å². The number of carbonyl (C=O) groups is 2. The molecular formula is C21H18ClNO4. The minimum atomic E-state index is -0.580. The Kier molecular flexibility index (Phi) is 5.42. The summed E-state index contributed by atoms with van der Waals surface area (Å²) in [7, 11) is 1.52. The number of aryl methyl sites for hydroxylation is 2. The first-order chi connectivity index (χ1) is 12.9. The van der Waals surface area contributed by atoms with E-state index in [4.69, 9.17) is 21.1 Å². The van der Waals surface area contributed by atoms with Gasteiger partial charge in [0.25, 0.3) is 0 Å². The Morgan fingerprint density at radius 3 is 2.63 bits per heavy atom. The highest BCUT2D eigenvalue weighted by Gasteiger charge is 2.17. The maximum atomic E-state index is 12.6. The molecule has 0 aliphatic carbocycles. The Morgan fingerprint density at radius 1 is 1.11 bits per heavy atom. The second kappa shape index (κ2) is 7.76. The molecule has 27 heavy (non-hydrogen) atoms. The average molecular weight is 384 g/mol. The van der Waals surface area contributed by atoms with Crippen LogP contribution in [0.3, 0.4) is 0 Å². The lowest BCUT2D eigenvalue weighted by Gasteiger charge is -2.11. The van der Waals surface area contributed by atoms with Crippen molar-refractivity contribution in [3.8, 4) is 5.75 Å². The van der Waals surface area contributed by atoms with Gasteiger partial charge in [0.05, 0.1) is 18.2 Å². The highest BCUT2D eigenvalue weighted by Crippen LogP contribution is 2.27. The molecule has 3 aromatic rings. The van der Waals surface area contributed by atoms with E-state index in [-0.39, 0.29) is 12.4 Å². The molecule has 1 heterocycles. The van der Waals surface area contributed by atoms with E-state index in [0.717, 1.165) is 5.56 Å². The Balaban J connectivity index is 1.84. The van der Waals surface area contributed by atoms with Gasteiger partial charge in [0, 0.05) is 21.7 Å². The minimum absolute atomic E-state index is 0.309. The number of aromatic nitrogens is 1. The number of hydrogen-bond donors (Lipinski definition) is 0. The largest absolute Gasteiger partial charge is 0.497 e. The summed E-state index contributed by atoms with van der Waals surface area (Å²) in [6.45, 7) is 3.28. The van der Waals surface area contributed by atoms with Crippen LogP contribution in [-0.2, 0) is 4.74 Å². The Labute approximate surface area is 161 Å². The number of pyridine rings is 1. The van der Waals surface area contributed by atoms with Crippen molar-refractivity contribution >= 4 is 34.3 Å². The van der Waals surface area contributed by atoms with Gasteiger partial charge in [-0.2, -0.15) is 0 Å². The first kappa shape index (κ1) is 18.9. The molecule has 0 radical (unpaired) electrons. The third kappa shape index (κ3) is 3.93. The van der Waals surface area contributed by atoms with Gasteiger partial charge in [0.1, 0.15) is 5.75 Å². The molecule has 0 spiro atoms. The SMILES string of the molecule is COc1cccc(C(=O)COC(=O)c2cc(C)nc3c(C)c(Cl)ccc23)c1. The summed E-state index contributed by atoms with van der Waals surface area (Å²) in [5, 5.41) is 1.22. The standard InChI is InChI=1S/C21H18ClNO4/c1-12-9-17(16-7-8-18(22)13(2)20(16)23-12)21(25)27-11-19(24)14-5-4-6-15(10-14)26-3/h4-10H,11H2,1-3H3. The number of fused-ring (bicyclic) bond motifs is 1. The topological polar surface area (TPSA) is 65.5 Å². The van der Waals surface area contributed by atoms with Crippen LogP contribution in [0.4, 0.5) is 0 Å². The number of halogens is 1. The van der Waals surface area contributed by atoms with Crippen LogP contribution in [-0.4, -0.2) is 30.5 Å². The number of ketones is 1. The lowest BCUT2D eigenvalue weighted by atomic mass is 10.0. The average Bonchev–Trinajstić information content (AvgIpc) is 2.68. The molecule has 0 amide bonds. The van der Waals surface area contributed by atoms with Crippen molar-refractivity contribution in [3.63, 3.8) is 0 Å². The van der Waals surface area contributed by atoms with E-state index in [1.165, 1.54) is 7.11 Å². The smallest absolute Gasteiger partial charge is 0.339 e. The van der Waals surface area contributed by atoms with E-state index in [1.54, 1.807) is 49.4 Å². The normalized spacial score (nSPS) is 10.7. The molecule has 138 valence electrons. The number of hydrogen-bond acceptors (Lipinski definition) is 5. The fraction of sp³-hybridized carbons (Fsp3) is 0.190. The zero-order valence-electron chi connectivity index (χ0n) is 15.2. The van der Waals surface area contributed by atoms with E-state index >= 15 is 0 Å². The molecule has 1 aromatic heterocycles. The van der Waals surface area contributed by atoms with E-state index in [1.807, 2.05) is 6.92 Å².